The van der Waals surface area contributed by atoms with Gasteiger partial charge in [-0.15, -0.1) is 0 Å². The molecule has 27 heavy (non-hydrogen) atoms. The third-order valence-corrected chi connectivity index (χ3v) is 4.93. The smallest absolute Gasteiger partial charge is 0.248 e. The van der Waals surface area contributed by atoms with E-state index in [1.807, 2.05) is 41.3 Å². The fourth-order valence-corrected chi connectivity index (χ4v) is 3.55. The third-order valence-electron chi connectivity index (χ3n) is 4.93. The molecular formula is C21H21N3O3. The molecule has 0 aromatic carbocycles. The van der Waals surface area contributed by atoms with Gasteiger partial charge in [-0.2, -0.15) is 0 Å². The molecule has 0 unspecified atom stereocenters. The van der Waals surface area contributed by atoms with Crippen molar-refractivity contribution in [3.8, 4) is 5.88 Å². The van der Waals surface area contributed by atoms with Gasteiger partial charge in [0.2, 0.25) is 11.8 Å². The van der Waals surface area contributed by atoms with E-state index in [-0.39, 0.29) is 12.5 Å². The van der Waals surface area contributed by atoms with Crippen LogP contribution in [0.1, 0.15) is 18.5 Å². The van der Waals surface area contributed by atoms with Crippen LogP contribution in [0.2, 0.25) is 0 Å². The average Bonchev–Trinajstić information content (AvgIpc) is 3.08. The van der Waals surface area contributed by atoms with Gasteiger partial charge in [0.25, 0.3) is 0 Å². The van der Waals surface area contributed by atoms with Crippen LogP contribution < -0.4 is 4.74 Å². The molecule has 1 saturated heterocycles. The molecule has 4 rings (SSSR count). The van der Waals surface area contributed by atoms with Crippen molar-refractivity contribution in [3.63, 3.8) is 0 Å². The normalized spacial score (nSPS) is 19.3. The van der Waals surface area contributed by atoms with E-state index in [4.69, 9.17) is 9.47 Å². The van der Waals surface area contributed by atoms with Crippen molar-refractivity contribution >= 4 is 11.6 Å². The molecule has 0 atom stereocenters. The SMILES string of the molecule is COC1=C2CCN3C(=O)CN=C(c4cccc(OC)n4)C=C3C(=CC=C1)C2. The molecule has 6 nitrogen and oxygen atoms in total. The highest BCUT2D eigenvalue weighted by Gasteiger charge is 2.29. The summed E-state index contributed by atoms with van der Waals surface area (Å²) in [6.45, 7) is 0.722. The molecule has 0 N–H and O–H groups in total. The van der Waals surface area contributed by atoms with E-state index < -0.39 is 0 Å². The quantitative estimate of drug-likeness (QED) is 0.828. The number of hydrogen-bond acceptors (Lipinski definition) is 5. The van der Waals surface area contributed by atoms with Gasteiger partial charge in [0, 0.05) is 18.3 Å². The number of ether oxygens (including phenoxy) is 2. The average molecular weight is 363 g/mol. The summed E-state index contributed by atoms with van der Waals surface area (Å²) in [5, 5.41) is 0. The van der Waals surface area contributed by atoms with Crippen molar-refractivity contribution < 1.29 is 14.3 Å². The predicted octanol–water partition coefficient (Wildman–Crippen LogP) is 2.80. The number of methoxy groups -OCH3 is 2. The van der Waals surface area contributed by atoms with Crippen molar-refractivity contribution in [3.05, 3.63) is 70.8 Å². The highest BCUT2D eigenvalue weighted by atomic mass is 16.5. The van der Waals surface area contributed by atoms with Crippen LogP contribution in [0.15, 0.2) is 70.1 Å². The number of carbonyl (C=O) groups is 1. The first kappa shape index (κ1) is 17.3. The van der Waals surface area contributed by atoms with Gasteiger partial charge >= 0.3 is 0 Å². The lowest BCUT2D eigenvalue weighted by Gasteiger charge is -2.22. The van der Waals surface area contributed by atoms with Crippen LogP contribution in [-0.2, 0) is 9.53 Å². The molecule has 3 heterocycles. The first-order valence-electron chi connectivity index (χ1n) is 8.91. The number of hydrogen-bond donors (Lipinski definition) is 0. The molecule has 2 aliphatic heterocycles. The topological polar surface area (TPSA) is 64.0 Å². The monoisotopic (exact) mass is 363 g/mol. The Hall–Kier alpha value is -3.15. The zero-order valence-corrected chi connectivity index (χ0v) is 15.4. The number of amides is 1. The van der Waals surface area contributed by atoms with Crippen molar-refractivity contribution in [2.24, 2.45) is 4.99 Å². The zero-order chi connectivity index (χ0) is 18.8. The molecular weight excluding hydrogens is 342 g/mol. The van der Waals surface area contributed by atoms with Gasteiger partial charge < -0.3 is 14.4 Å². The standard InChI is InChI=1S/C21H21N3O3/c1-26-19-7-3-5-14-11-15(19)9-10-24-18(14)12-17(22-13-21(24)25)16-6-4-8-20(23-16)27-2/h3-8,12H,9-11,13H2,1-2H3. The Labute approximate surface area is 158 Å². The minimum Gasteiger partial charge on any atom is -0.497 e. The van der Waals surface area contributed by atoms with Crippen LogP contribution in [-0.4, -0.2) is 48.8 Å². The Balaban J connectivity index is 1.80. The highest BCUT2D eigenvalue weighted by molar-refractivity contribution is 6.10. The van der Waals surface area contributed by atoms with Gasteiger partial charge in [0.1, 0.15) is 12.3 Å². The summed E-state index contributed by atoms with van der Waals surface area (Å²) in [6.07, 6.45) is 9.50. The Kier molecular flexibility index (Phi) is 4.62. The number of nitrogens with zero attached hydrogens (tertiary/aromatic N) is 3. The Morgan fingerprint density at radius 1 is 1.19 bits per heavy atom. The van der Waals surface area contributed by atoms with Gasteiger partial charge in [0.05, 0.1) is 25.6 Å². The van der Waals surface area contributed by atoms with E-state index in [1.165, 1.54) is 5.57 Å². The Bertz CT molecular complexity index is 938. The maximum atomic E-state index is 12.8. The molecule has 6 heteroatoms. The first-order chi connectivity index (χ1) is 13.2. The lowest BCUT2D eigenvalue weighted by Crippen LogP contribution is -2.32. The molecule has 1 aromatic heterocycles. The molecule has 0 saturated carbocycles. The molecule has 1 fully saturated rings. The fourth-order valence-electron chi connectivity index (χ4n) is 3.55. The van der Waals surface area contributed by atoms with E-state index in [2.05, 4.69) is 9.98 Å². The Morgan fingerprint density at radius 3 is 2.89 bits per heavy atom. The van der Waals surface area contributed by atoms with E-state index >= 15 is 0 Å². The number of rotatable bonds is 3. The molecule has 1 aromatic rings. The zero-order valence-electron chi connectivity index (χ0n) is 15.4. The van der Waals surface area contributed by atoms with E-state index in [0.717, 1.165) is 29.9 Å². The Morgan fingerprint density at radius 2 is 2.07 bits per heavy atom. The molecule has 2 bridgehead atoms. The molecule has 138 valence electrons. The number of allylic oxidation sites excluding steroid dienone is 5. The van der Waals surface area contributed by atoms with Crippen molar-refractivity contribution in [2.75, 3.05) is 27.3 Å². The maximum Gasteiger partial charge on any atom is 0.248 e. The minimum atomic E-state index is -0.00480. The summed E-state index contributed by atoms with van der Waals surface area (Å²) < 4.78 is 10.7. The molecule has 0 radical (unpaired) electrons. The lowest BCUT2D eigenvalue weighted by molar-refractivity contribution is -0.127. The second-order valence-corrected chi connectivity index (χ2v) is 6.49. The largest absolute Gasteiger partial charge is 0.497 e. The summed E-state index contributed by atoms with van der Waals surface area (Å²) in [7, 11) is 3.27. The van der Waals surface area contributed by atoms with Gasteiger partial charge in [-0.25, -0.2) is 4.98 Å². The van der Waals surface area contributed by atoms with Gasteiger partial charge in [-0.1, -0.05) is 18.2 Å². The van der Waals surface area contributed by atoms with E-state index in [9.17, 15) is 4.79 Å². The van der Waals surface area contributed by atoms with E-state index in [1.54, 1.807) is 20.3 Å². The maximum absolute atomic E-state index is 12.8. The number of fused-ring (bicyclic) bond motifs is 4. The predicted molar refractivity (Wildman–Crippen MR) is 102 cm³/mol. The van der Waals surface area contributed by atoms with E-state index in [0.29, 0.717) is 23.8 Å². The number of aromatic nitrogens is 1. The van der Waals surface area contributed by atoms with Gasteiger partial charge in [-0.3, -0.25) is 9.79 Å². The van der Waals surface area contributed by atoms with Gasteiger partial charge in [0.15, 0.2) is 0 Å². The second-order valence-electron chi connectivity index (χ2n) is 6.49. The number of carbonyl (C=O) groups excluding carboxylic acids is 1. The molecule has 1 amide bonds. The lowest BCUT2D eigenvalue weighted by atomic mass is 10.0. The fraction of sp³-hybridized carbons (Fsp3) is 0.286. The van der Waals surface area contributed by atoms with Crippen molar-refractivity contribution in [1.29, 1.82) is 0 Å². The van der Waals surface area contributed by atoms with Crippen LogP contribution in [0.5, 0.6) is 5.88 Å². The first-order valence-corrected chi connectivity index (χ1v) is 8.91. The number of aliphatic imine (C=N–C) groups is 1. The molecule has 3 aliphatic rings. The summed E-state index contributed by atoms with van der Waals surface area (Å²) >= 11 is 0. The highest BCUT2D eigenvalue weighted by Crippen LogP contribution is 2.34. The third kappa shape index (κ3) is 3.30. The minimum absolute atomic E-state index is 0.00480. The second kappa shape index (κ2) is 7.23. The van der Waals surface area contributed by atoms with Crippen LogP contribution in [0.3, 0.4) is 0 Å². The summed E-state index contributed by atoms with van der Waals surface area (Å²) in [4.78, 5) is 23.6. The summed E-state index contributed by atoms with van der Waals surface area (Å²) in [5.74, 6) is 1.40. The van der Waals surface area contributed by atoms with Crippen LogP contribution in [0.25, 0.3) is 0 Å². The molecule has 1 aliphatic carbocycles. The summed E-state index contributed by atoms with van der Waals surface area (Å²) in [5.41, 5.74) is 4.55. The molecule has 0 spiro atoms. The van der Waals surface area contributed by atoms with Crippen LogP contribution in [0, 0.1) is 0 Å². The van der Waals surface area contributed by atoms with Crippen LogP contribution in [0.4, 0.5) is 0 Å². The van der Waals surface area contributed by atoms with Gasteiger partial charge in [-0.05, 0) is 42.2 Å². The van der Waals surface area contributed by atoms with Crippen LogP contribution >= 0.6 is 0 Å². The summed E-state index contributed by atoms with van der Waals surface area (Å²) in [6, 6.07) is 5.54. The van der Waals surface area contributed by atoms with Crippen molar-refractivity contribution in [2.45, 2.75) is 12.8 Å². The number of pyridine rings is 1. The van der Waals surface area contributed by atoms with Crippen molar-refractivity contribution in [1.82, 2.24) is 9.88 Å².